The highest BCUT2D eigenvalue weighted by Gasteiger charge is 1.97. The van der Waals surface area contributed by atoms with Gasteiger partial charge in [-0.15, -0.1) is 9.10 Å². The van der Waals surface area contributed by atoms with E-state index in [1.165, 1.54) is 12.8 Å². The molecule has 1 heteroatoms. The Morgan fingerprint density at radius 2 is 2.00 bits per heavy atom. The van der Waals surface area contributed by atoms with E-state index in [0.29, 0.717) is 20.4 Å². The van der Waals surface area contributed by atoms with E-state index >= 15 is 0 Å². The minimum Gasteiger partial charge on any atom is -0.146 e. The van der Waals surface area contributed by atoms with Crippen LogP contribution in [0.25, 0.3) is 0 Å². The molecule has 0 radical (unpaired) electrons. The maximum absolute atomic E-state index is 2.33. The summed E-state index contributed by atoms with van der Waals surface area (Å²) >= 11 is 0.353. The third kappa shape index (κ3) is 8.77. The van der Waals surface area contributed by atoms with Gasteiger partial charge in [0.25, 0.3) is 0 Å². The fourth-order valence-electron chi connectivity index (χ4n) is 0.979. The van der Waals surface area contributed by atoms with Gasteiger partial charge in [0.05, 0.1) is 0 Å². The molecule has 0 saturated carbocycles. The van der Waals surface area contributed by atoms with Gasteiger partial charge in [0, 0.05) is 0 Å². The number of rotatable bonds is 5. The first-order valence-electron chi connectivity index (χ1n) is 4.27. The minimum atomic E-state index is 0.353. The molecule has 0 saturated heterocycles. The van der Waals surface area contributed by atoms with Gasteiger partial charge >= 0.3 is 20.4 Å². The lowest BCUT2D eigenvalue weighted by molar-refractivity contribution is 0.726. The second kappa shape index (κ2) is 6.88. The van der Waals surface area contributed by atoms with Crippen LogP contribution in [0.4, 0.5) is 0 Å². The largest absolute Gasteiger partial charge is 0.364 e. The van der Waals surface area contributed by atoms with E-state index in [1.807, 2.05) is 0 Å². The lowest BCUT2D eigenvalue weighted by Gasteiger charge is -1.99. The van der Waals surface area contributed by atoms with Gasteiger partial charge in [-0.2, -0.15) is 0 Å². The Kier molecular flexibility index (Phi) is 7.47. The SMILES string of the molecule is CCC[CH2][Mg][CH2]C(C)C. The molecule has 0 aromatic carbocycles. The van der Waals surface area contributed by atoms with E-state index in [2.05, 4.69) is 20.8 Å². The molecule has 0 aromatic rings. The number of hydrogen-bond acceptors (Lipinski definition) is 0. The van der Waals surface area contributed by atoms with Crippen LogP contribution in [-0.4, -0.2) is 20.4 Å². The highest BCUT2D eigenvalue weighted by Crippen LogP contribution is 2.03. The smallest absolute Gasteiger partial charge is 0.146 e. The summed E-state index contributed by atoms with van der Waals surface area (Å²) in [4.78, 5) is 0. The molecule has 0 aromatic heterocycles. The van der Waals surface area contributed by atoms with E-state index in [-0.39, 0.29) is 0 Å². The fourth-order valence-corrected chi connectivity index (χ4v) is 2.94. The zero-order valence-electron chi connectivity index (χ0n) is 7.11. The standard InChI is InChI=1S/2C4H9.Mg/c1-4(2)3;1-3-4-2;/h4H,1H2,2-3H3;1,3-4H2,2H3;. The Morgan fingerprint density at radius 3 is 2.44 bits per heavy atom. The molecule has 0 unspecified atom stereocenters. The van der Waals surface area contributed by atoms with Crippen molar-refractivity contribution in [3.63, 3.8) is 0 Å². The van der Waals surface area contributed by atoms with Crippen LogP contribution in [0.2, 0.25) is 9.10 Å². The Balaban J connectivity index is 2.75. The summed E-state index contributed by atoms with van der Waals surface area (Å²) < 4.78 is 3.13. The van der Waals surface area contributed by atoms with Gasteiger partial charge in [-0.3, -0.25) is 0 Å². The summed E-state index contributed by atoms with van der Waals surface area (Å²) in [5.41, 5.74) is 0. The molecular weight excluding hydrogens is 120 g/mol. The van der Waals surface area contributed by atoms with E-state index in [0.717, 1.165) is 5.92 Å². The normalized spacial score (nSPS) is 9.78. The summed E-state index contributed by atoms with van der Waals surface area (Å²) in [6.45, 7) is 6.95. The molecule has 0 fully saturated rings. The van der Waals surface area contributed by atoms with Crippen LogP contribution in [-0.2, 0) is 0 Å². The van der Waals surface area contributed by atoms with Crippen molar-refractivity contribution in [3.8, 4) is 0 Å². The van der Waals surface area contributed by atoms with Gasteiger partial charge in [0.1, 0.15) is 0 Å². The predicted octanol–water partition coefficient (Wildman–Crippen LogP) is 2.98. The number of unbranched alkanes of at least 4 members (excludes halogenated alkanes) is 1. The molecule has 0 atom stereocenters. The first kappa shape index (κ1) is 9.77. The Labute approximate surface area is 69.1 Å². The third-order valence-corrected chi connectivity index (χ3v) is 4.20. The van der Waals surface area contributed by atoms with Gasteiger partial charge in [-0.25, -0.2) is 0 Å². The van der Waals surface area contributed by atoms with Crippen LogP contribution in [0.15, 0.2) is 0 Å². The summed E-state index contributed by atoms with van der Waals surface area (Å²) in [5, 5.41) is 0. The molecule has 0 amide bonds. The number of hydrogen-bond donors (Lipinski definition) is 0. The monoisotopic (exact) mass is 138 g/mol. The van der Waals surface area contributed by atoms with Crippen molar-refractivity contribution in [1.29, 1.82) is 0 Å². The van der Waals surface area contributed by atoms with Gasteiger partial charge in [0.15, 0.2) is 0 Å². The predicted molar refractivity (Wildman–Crippen MR) is 45.1 cm³/mol. The molecule has 0 rings (SSSR count). The van der Waals surface area contributed by atoms with Crippen molar-refractivity contribution in [2.24, 2.45) is 5.92 Å². The molecule has 0 bridgehead atoms. The first-order valence-corrected chi connectivity index (χ1v) is 6.27. The molecule has 52 valence electrons. The summed E-state index contributed by atoms with van der Waals surface area (Å²) in [6.07, 6.45) is 2.88. The maximum Gasteiger partial charge on any atom is 0.364 e. The molecule has 0 heterocycles. The first-order chi connectivity index (χ1) is 4.27. The lowest BCUT2D eigenvalue weighted by Crippen LogP contribution is -1.94. The molecule has 0 aliphatic heterocycles. The summed E-state index contributed by atoms with van der Waals surface area (Å²) in [6, 6.07) is 0. The van der Waals surface area contributed by atoms with Crippen LogP contribution in [0.1, 0.15) is 33.6 Å². The van der Waals surface area contributed by atoms with Crippen LogP contribution >= 0.6 is 0 Å². The molecule has 0 aliphatic rings. The average molecular weight is 139 g/mol. The van der Waals surface area contributed by atoms with Gasteiger partial charge in [0.2, 0.25) is 0 Å². The molecule has 0 aliphatic carbocycles. The third-order valence-electron chi connectivity index (χ3n) is 1.64. The highest BCUT2D eigenvalue weighted by molar-refractivity contribution is 6.35. The fraction of sp³-hybridized carbons (Fsp3) is 1.00. The highest BCUT2D eigenvalue weighted by atomic mass is 24.5. The van der Waals surface area contributed by atoms with Crippen LogP contribution in [0.3, 0.4) is 0 Å². The van der Waals surface area contributed by atoms with Gasteiger partial charge in [-0.05, 0) is 0 Å². The van der Waals surface area contributed by atoms with E-state index in [9.17, 15) is 0 Å². The molecule has 0 N–H and O–H groups in total. The zero-order valence-corrected chi connectivity index (χ0v) is 8.53. The Bertz CT molecular complexity index is 50.5. The van der Waals surface area contributed by atoms with E-state index in [1.54, 1.807) is 9.10 Å². The lowest BCUT2D eigenvalue weighted by atomic mass is 10.3. The second-order valence-corrected chi connectivity index (χ2v) is 5.23. The van der Waals surface area contributed by atoms with Crippen molar-refractivity contribution in [2.45, 2.75) is 42.7 Å². The Hall–Kier alpha value is 0.766. The quantitative estimate of drug-likeness (QED) is 0.405. The average Bonchev–Trinajstić information content (AvgIpc) is 1.80. The van der Waals surface area contributed by atoms with Crippen molar-refractivity contribution in [2.75, 3.05) is 0 Å². The maximum atomic E-state index is 2.33. The summed E-state index contributed by atoms with van der Waals surface area (Å²) in [5.74, 6) is 0.966. The molecular formula is C8H18Mg. The van der Waals surface area contributed by atoms with Crippen molar-refractivity contribution < 1.29 is 0 Å². The van der Waals surface area contributed by atoms with Gasteiger partial charge < -0.3 is 0 Å². The zero-order chi connectivity index (χ0) is 7.11. The van der Waals surface area contributed by atoms with Crippen LogP contribution in [0, 0.1) is 5.92 Å². The summed E-state index contributed by atoms with van der Waals surface area (Å²) in [7, 11) is 0. The van der Waals surface area contributed by atoms with Crippen molar-refractivity contribution >= 4 is 20.4 Å². The van der Waals surface area contributed by atoms with E-state index < -0.39 is 0 Å². The molecule has 9 heavy (non-hydrogen) atoms. The van der Waals surface area contributed by atoms with E-state index in [4.69, 9.17) is 0 Å². The minimum absolute atomic E-state index is 0.353. The van der Waals surface area contributed by atoms with Crippen molar-refractivity contribution in [1.82, 2.24) is 0 Å². The van der Waals surface area contributed by atoms with Crippen LogP contribution in [0.5, 0.6) is 0 Å². The second-order valence-electron chi connectivity index (χ2n) is 3.24. The topological polar surface area (TPSA) is 0 Å². The Morgan fingerprint density at radius 1 is 1.33 bits per heavy atom. The molecule has 0 spiro atoms. The molecule has 0 nitrogen and oxygen atoms in total. The van der Waals surface area contributed by atoms with Crippen molar-refractivity contribution in [3.05, 3.63) is 0 Å². The van der Waals surface area contributed by atoms with Crippen LogP contribution < -0.4 is 0 Å². The van der Waals surface area contributed by atoms with Gasteiger partial charge in [-0.1, -0.05) is 39.5 Å².